The van der Waals surface area contributed by atoms with Crippen LogP contribution in [-0.2, 0) is 4.79 Å². The number of rotatable bonds is 5. The predicted molar refractivity (Wildman–Crippen MR) is 91.2 cm³/mol. The first kappa shape index (κ1) is 16.7. The second kappa shape index (κ2) is 7.20. The molecule has 6 heteroatoms. The molecule has 130 valence electrons. The summed E-state index contributed by atoms with van der Waals surface area (Å²) in [5.74, 6) is -0.187. The fourth-order valence-corrected chi connectivity index (χ4v) is 3.56. The molecule has 2 aliphatic rings. The molecule has 6 nitrogen and oxygen atoms in total. The number of carbonyl (C=O) groups excluding carboxylic acids is 1. The number of amides is 1. The van der Waals surface area contributed by atoms with Crippen molar-refractivity contribution in [1.29, 1.82) is 0 Å². The average Bonchev–Trinajstić information content (AvgIpc) is 2.81. The van der Waals surface area contributed by atoms with Crippen molar-refractivity contribution in [1.82, 2.24) is 10.3 Å². The van der Waals surface area contributed by atoms with E-state index in [0.717, 1.165) is 38.2 Å². The molecule has 3 rings (SSSR count). The molecular formula is C18H25N3O3. The van der Waals surface area contributed by atoms with Gasteiger partial charge in [-0.2, -0.15) is 0 Å². The van der Waals surface area contributed by atoms with Gasteiger partial charge in [-0.15, -0.1) is 0 Å². The van der Waals surface area contributed by atoms with Gasteiger partial charge in [-0.05, 0) is 44.2 Å². The van der Waals surface area contributed by atoms with Crippen LogP contribution in [0.5, 0.6) is 0 Å². The molecule has 0 atom stereocenters. The van der Waals surface area contributed by atoms with Crippen LogP contribution in [0.25, 0.3) is 0 Å². The van der Waals surface area contributed by atoms with Gasteiger partial charge in [0.05, 0.1) is 17.5 Å². The van der Waals surface area contributed by atoms with Gasteiger partial charge in [-0.3, -0.25) is 9.59 Å². The number of hydrogen-bond acceptors (Lipinski definition) is 4. The molecule has 1 aliphatic carbocycles. The van der Waals surface area contributed by atoms with Crippen molar-refractivity contribution in [2.75, 3.05) is 18.0 Å². The zero-order chi connectivity index (χ0) is 17.0. The molecule has 0 spiro atoms. The number of pyridine rings is 1. The largest absolute Gasteiger partial charge is 0.481 e. The minimum absolute atomic E-state index is 0.0158. The van der Waals surface area contributed by atoms with Crippen LogP contribution in [-0.4, -0.2) is 40.6 Å². The molecule has 1 aliphatic heterocycles. The van der Waals surface area contributed by atoms with E-state index in [1.807, 2.05) is 6.07 Å². The van der Waals surface area contributed by atoms with Crippen LogP contribution in [0.1, 0.15) is 61.7 Å². The summed E-state index contributed by atoms with van der Waals surface area (Å²) in [6.45, 7) is 2.03. The molecule has 0 bridgehead atoms. The van der Waals surface area contributed by atoms with Crippen molar-refractivity contribution < 1.29 is 14.7 Å². The van der Waals surface area contributed by atoms with Crippen LogP contribution >= 0.6 is 0 Å². The van der Waals surface area contributed by atoms with Gasteiger partial charge in [-0.25, -0.2) is 4.98 Å². The number of carboxylic acids is 1. The molecule has 2 fully saturated rings. The van der Waals surface area contributed by atoms with E-state index in [1.54, 1.807) is 12.3 Å². The fourth-order valence-electron chi connectivity index (χ4n) is 3.56. The van der Waals surface area contributed by atoms with Gasteiger partial charge in [0.25, 0.3) is 5.91 Å². The lowest BCUT2D eigenvalue weighted by Crippen LogP contribution is -2.54. The Hall–Kier alpha value is -2.11. The first-order chi connectivity index (χ1) is 11.6. The number of aliphatic carboxylic acids is 1. The van der Waals surface area contributed by atoms with Crippen LogP contribution in [0.4, 0.5) is 5.82 Å². The standard InChI is InChI=1S/C18H25N3O3/c22-16(23)12-18(8-5-9-18)20-17(24)14-6-7-15(19-13-14)21-10-3-1-2-4-11-21/h6-7,13H,1-5,8-12H2,(H,20,24)(H,22,23). The quantitative estimate of drug-likeness (QED) is 0.866. The summed E-state index contributed by atoms with van der Waals surface area (Å²) >= 11 is 0. The van der Waals surface area contributed by atoms with E-state index < -0.39 is 11.5 Å². The summed E-state index contributed by atoms with van der Waals surface area (Å²) < 4.78 is 0. The van der Waals surface area contributed by atoms with E-state index >= 15 is 0 Å². The number of carbonyl (C=O) groups is 2. The number of anilines is 1. The van der Waals surface area contributed by atoms with Crippen LogP contribution < -0.4 is 10.2 Å². The lowest BCUT2D eigenvalue weighted by molar-refractivity contribution is -0.139. The molecule has 1 saturated carbocycles. The SMILES string of the molecule is O=C(O)CC1(NC(=O)c2ccc(N3CCCCCC3)nc2)CCC1. The summed E-state index contributed by atoms with van der Waals surface area (Å²) in [5, 5.41) is 11.9. The monoisotopic (exact) mass is 331 g/mol. The zero-order valence-electron chi connectivity index (χ0n) is 14.0. The van der Waals surface area contributed by atoms with Crippen LogP contribution in [0.2, 0.25) is 0 Å². The lowest BCUT2D eigenvalue weighted by Gasteiger charge is -2.41. The minimum Gasteiger partial charge on any atom is -0.481 e. The summed E-state index contributed by atoms with van der Waals surface area (Å²) in [6.07, 6.45) is 8.89. The third-order valence-electron chi connectivity index (χ3n) is 5.12. The first-order valence-corrected chi connectivity index (χ1v) is 8.83. The van der Waals surface area contributed by atoms with Crippen molar-refractivity contribution in [3.8, 4) is 0 Å². The minimum atomic E-state index is -0.871. The van der Waals surface area contributed by atoms with Gasteiger partial charge in [0.1, 0.15) is 5.82 Å². The van der Waals surface area contributed by atoms with Crippen molar-refractivity contribution in [2.45, 2.75) is 56.9 Å². The highest BCUT2D eigenvalue weighted by molar-refractivity contribution is 5.95. The Morgan fingerprint density at radius 1 is 1.12 bits per heavy atom. The van der Waals surface area contributed by atoms with Crippen LogP contribution in [0.3, 0.4) is 0 Å². The van der Waals surface area contributed by atoms with Crippen molar-refractivity contribution >= 4 is 17.7 Å². The third kappa shape index (κ3) is 3.86. The second-order valence-electron chi connectivity index (χ2n) is 6.96. The normalized spacial score (nSPS) is 19.9. The Balaban J connectivity index is 1.64. The lowest BCUT2D eigenvalue weighted by atomic mass is 9.74. The predicted octanol–water partition coefficient (Wildman–Crippen LogP) is 2.59. The number of hydrogen-bond donors (Lipinski definition) is 2. The topological polar surface area (TPSA) is 82.5 Å². The van der Waals surface area contributed by atoms with E-state index in [0.29, 0.717) is 5.56 Å². The van der Waals surface area contributed by atoms with E-state index in [9.17, 15) is 9.59 Å². The second-order valence-corrected chi connectivity index (χ2v) is 6.96. The van der Waals surface area contributed by atoms with E-state index in [-0.39, 0.29) is 12.3 Å². The zero-order valence-corrected chi connectivity index (χ0v) is 14.0. The molecule has 2 heterocycles. The summed E-state index contributed by atoms with van der Waals surface area (Å²) in [7, 11) is 0. The van der Waals surface area contributed by atoms with Gasteiger partial charge < -0.3 is 15.3 Å². The Kier molecular flexibility index (Phi) is 5.02. The van der Waals surface area contributed by atoms with E-state index in [2.05, 4.69) is 15.2 Å². The van der Waals surface area contributed by atoms with Crippen LogP contribution in [0, 0.1) is 0 Å². The van der Waals surface area contributed by atoms with Crippen LogP contribution in [0.15, 0.2) is 18.3 Å². The highest BCUT2D eigenvalue weighted by Gasteiger charge is 2.40. The Bertz CT molecular complexity index is 588. The molecule has 0 radical (unpaired) electrons. The first-order valence-electron chi connectivity index (χ1n) is 8.83. The fraction of sp³-hybridized carbons (Fsp3) is 0.611. The van der Waals surface area contributed by atoms with Gasteiger partial charge >= 0.3 is 5.97 Å². The van der Waals surface area contributed by atoms with E-state index in [4.69, 9.17) is 5.11 Å². The van der Waals surface area contributed by atoms with Crippen molar-refractivity contribution in [3.63, 3.8) is 0 Å². The highest BCUT2D eigenvalue weighted by atomic mass is 16.4. The Labute approximate surface area is 142 Å². The average molecular weight is 331 g/mol. The Morgan fingerprint density at radius 2 is 1.83 bits per heavy atom. The Morgan fingerprint density at radius 3 is 2.33 bits per heavy atom. The molecule has 0 unspecified atom stereocenters. The maximum absolute atomic E-state index is 12.4. The van der Waals surface area contributed by atoms with Gasteiger partial charge in [0, 0.05) is 19.3 Å². The highest BCUT2D eigenvalue weighted by Crippen LogP contribution is 2.35. The number of carboxylic acid groups (broad SMARTS) is 1. The number of nitrogens with one attached hydrogen (secondary N) is 1. The van der Waals surface area contributed by atoms with Crippen molar-refractivity contribution in [2.24, 2.45) is 0 Å². The third-order valence-corrected chi connectivity index (χ3v) is 5.12. The van der Waals surface area contributed by atoms with Gasteiger partial charge in [-0.1, -0.05) is 12.8 Å². The molecular weight excluding hydrogens is 306 g/mol. The van der Waals surface area contributed by atoms with E-state index in [1.165, 1.54) is 25.7 Å². The molecule has 1 aromatic heterocycles. The van der Waals surface area contributed by atoms with Gasteiger partial charge in [0.15, 0.2) is 0 Å². The van der Waals surface area contributed by atoms with Crippen molar-refractivity contribution in [3.05, 3.63) is 23.9 Å². The summed E-state index contributed by atoms with van der Waals surface area (Å²) in [5.41, 5.74) is -0.0860. The molecule has 1 amide bonds. The maximum Gasteiger partial charge on any atom is 0.305 e. The summed E-state index contributed by atoms with van der Waals surface area (Å²) in [4.78, 5) is 30.1. The number of nitrogens with zero attached hydrogens (tertiary/aromatic N) is 2. The molecule has 0 aromatic carbocycles. The summed E-state index contributed by atoms with van der Waals surface area (Å²) in [6, 6.07) is 3.68. The maximum atomic E-state index is 12.4. The number of aromatic nitrogens is 1. The molecule has 1 aromatic rings. The smallest absolute Gasteiger partial charge is 0.305 e. The van der Waals surface area contributed by atoms with Gasteiger partial charge in [0.2, 0.25) is 0 Å². The molecule has 1 saturated heterocycles. The molecule has 24 heavy (non-hydrogen) atoms. The molecule has 2 N–H and O–H groups in total.